The summed E-state index contributed by atoms with van der Waals surface area (Å²) in [6, 6.07) is 11.8. The normalized spacial score (nSPS) is 10.3. The van der Waals surface area contributed by atoms with E-state index in [0.717, 1.165) is 33.2 Å². The molecular formula is C16H15BrO2. The monoisotopic (exact) mass is 318 g/mol. The number of halogens is 1. The molecule has 3 heteroatoms. The Balaban J connectivity index is 2.29. The molecule has 0 aliphatic rings. The molecule has 0 aliphatic carbocycles. The van der Waals surface area contributed by atoms with E-state index in [1.165, 1.54) is 0 Å². The number of rotatable bonds is 4. The smallest absolute Gasteiger partial charge is 0.151 e. The second-order valence-corrected chi connectivity index (χ2v) is 5.24. The SMILES string of the molecule is Cc1cc(C=O)c(Br)c(OCc2ccccc2)c1C. The molecular weight excluding hydrogens is 304 g/mol. The van der Waals surface area contributed by atoms with Gasteiger partial charge in [-0.2, -0.15) is 0 Å². The van der Waals surface area contributed by atoms with E-state index in [1.807, 2.05) is 50.2 Å². The van der Waals surface area contributed by atoms with Crippen LogP contribution in [0, 0.1) is 13.8 Å². The summed E-state index contributed by atoms with van der Waals surface area (Å²) in [6.07, 6.45) is 0.839. The van der Waals surface area contributed by atoms with Crippen LogP contribution in [0.2, 0.25) is 0 Å². The molecule has 2 aromatic carbocycles. The maximum atomic E-state index is 11.0. The molecule has 0 N–H and O–H groups in total. The lowest BCUT2D eigenvalue weighted by Crippen LogP contribution is -2.01. The Labute approximate surface area is 121 Å². The molecule has 0 bridgehead atoms. The fourth-order valence-electron chi connectivity index (χ4n) is 1.87. The molecule has 0 heterocycles. The lowest BCUT2D eigenvalue weighted by molar-refractivity contribution is 0.112. The van der Waals surface area contributed by atoms with Gasteiger partial charge in [-0.15, -0.1) is 0 Å². The molecule has 98 valence electrons. The highest BCUT2D eigenvalue weighted by atomic mass is 79.9. The van der Waals surface area contributed by atoms with Crippen molar-refractivity contribution < 1.29 is 9.53 Å². The first-order chi connectivity index (χ1) is 9.13. The van der Waals surface area contributed by atoms with E-state index in [1.54, 1.807) is 0 Å². The van der Waals surface area contributed by atoms with E-state index in [0.29, 0.717) is 12.2 Å². The molecule has 0 spiro atoms. The van der Waals surface area contributed by atoms with Crippen molar-refractivity contribution in [2.24, 2.45) is 0 Å². The zero-order valence-corrected chi connectivity index (χ0v) is 12.5. The van der Waals surface area contributed by atoms with Crippen molar-refractivity contribution in [3.8, 4) is 5.75 Å². The number of carbonyl (C=O) groups excluding carboxylic acids is 1. The summed E-state index contributed by atoms with van der Waals surface area (Å²) in [6.45, 7) is 4.46. The van der Waals surface area contributed by atoms with Crippen LogP contribution in [0.15, 0.2) is 40.9 Å². The standard InChI is InChI=1S/C16H15BrO2/c1-11-8-14(9-18)15(17)16(12(11)2)19-10-13-6-4-3-5-7-13/h3-9H,10H2,1-2H3. The number of ether oxygens (including phenoxy) is 1. The van der Waals surface area contributed by atoms with Crippen LogP contribution < -0.4 is 4.74 Å². The molecule has 0 atom stereocenters. The average Bonchev–Trinajstić information content (AvgIpc) is 2.44. The van der Waals surface area contributed by atoms with Gasteiger partial charge in [0, 0.05) is 5.56 Å². The number of benzene rings is 2. The highest BCUT2D eigenvalue weighted by Crippen LogP contribution is 2.34. The van der Waals surface area contributed by atoms with Crippen LogP contribution in [0.4, 0.5) is 0 Å². The molecule has 19 heavy (non-hydrogen) atoms. The minimum atomic E-state index is 0.488. The predicted molar refractivity (Wildman–Crippen MR) is 79.8 cm³/mol. The van der Waals surface area contributed by atoms with E-state index in [2.05, 4.69) is 15.9 Å². The van der Waals surface area contributed by atoms with Gasteiger partial charge < -0.3 is 4.74 Å². The Bertz CT molecular complexity index is 591. The van der Waals surface area contributed by atoms with Crippen molar-refractivity contribution >= 4 is 22.2 Å². The van der Waals surface area contributed by atoms with Crippen molar-refractivity contribution in [2.75, 3.05) is 0 Å². The first kappa shape index (κ1) is 13.8. The minimum absolute atomic E-state index is 0.488. The van der Waals surface area contributed by atoms with Gasteiger partial charge >= 0.3 is 0 Å². The molecule has 0 unspecified atom stereocenters. The molecule has 0 saturated carbocycles. The molecule has 0 aliphatic heterocycles. The molecule has 2 rings (SSSR count). The summed E-state index contributed by atoms with van der Waals surface area (Å²) in [4.78, 5) is 11.0. The van der Waals surface area contributed by atoms with Crippen LogP contribution in [0.1, 0.15) is 27.0 Å². The van der Waals surface area contributed by atoms with Crippen LogP contribution in [0.5, 0.6) is 5.75 Å². The van der Waals surface area contributed by atoms with E-state index in [9.17, 15) is 4.79 Å². The lowest BCUT2D eigenvalue weighted by Gasteiger charge is -2.14. The zero-order valence-electron chi connectivity index (χ0n) is 10.9. The molecule has 2 nitrogen and oxygen atoms in total. The van der Waals surface area contributed by atoms with Crippen LogP contribution in [0.3, 0.4) is 0 Å². The Morgan fingerprint density at radius 1 is 1.21 bits per heavy atom. The van der Waals surface area contributed by atoms with Gasteiger partial charge in [0.15, 0.2) is 6.29 Å². The van der Waals surface area contributed by atoms with Gasteiger partial charge in [-0.05, 0) is 52.5 Å². The van der Waals surface area contributed by atoms with Crippen molar-refractivity contribution in [3.05, 3.63) is 63.1 Å². The summed E-state index contributed by atoms with van der Waals surface area (Å²) in [5, 5.41) is 0. The van der Waals surface area contributed by atoms with Crippen LogP contribution in [-0.2, 0) is 6.61 Å². The lowest BCUT2D eigenvalue weighted by atomic mass is 10.1. The summed E-state index contributed by atoms with van der Waals surface area (Å²) in [5.41, 5.74) is 3.82. The van der Waals surface area contributed by atoms with Crippen LogP contribution in [0.25, 0.3) is 0 Å². The van der Waals surface area contributed by atoms with Gasteiger partial charge in [0.25, 0.3) is 0 Å². The Kier molecular flexibility index (Phi) is 4.38. The summed E-state index contributed by atoms with van der Waals surface area (Å²) in [5.74, 6) is 0.742. The van der Waals surface area contributed by atoms with Crippen LogP contribution >= 0.6 is 15.9 Å². The molecule has 0 fully saturated rings. The van der Waals surface area contributed by atoms with Crippen molar-refractivity contribution in [2.45, 2.75) is 20.5 Å². The summed E-state index contributed by atoms with van der Waals surface area (Å²) >= 11 is 3.44. The Hall–Kier alpha value is -1.61. The fourth-order valence-corrected chi connectivity index (χ4v) is 2.49. The fraction of sp³-hybridized carbons (Fsp3) is 0.188. The minimum Gasteiger partial charge on any atom is -0.487 e. The average molecular weight is 319 g/mol. The first-order valence-corrected chi connectivity index (χ1v) is 6.84. The van der Waals surface area contributed by atoms with E-state index in [-0.39, 0.29) is 0 Å². The van der Waals surface area contributed by atoms with Gasteiger partial charge in [0.05, 0.1) is 4.47 Å². The third-order valence-corrected chi connectivity index (χ3v) is 3.93. The largest absolute Gasteiger partial charge is 0.487 e. The second kappa shape index (κ2) is 6.02. The molecule has 2 aromatic rings. The maximum absolute atomic E-state index is 11.0. The van der Waals surface area contributed by atoms with Crippen molar-refractivity contribution in [1.82, 2.24) is 0 Å². The Morgan fingerprint density at radius 2 is 1.89 bits per heavy atom. The molecule has 0 amide bonds. The van der Waals surface area contributed by atoms with Gasteiger partial charge in [0.2, 0.25) is 0 Å². The third-order valence-electron chi connectivity index (χ3n) is 3.11. The molecule has 0 saturated heterocycles. The highest BCUT2D eigenvalue weighted by Gasteiger charge is 2.12. The van der Waals surface area contributed by atoms with Gasteiger partial charge in [-0.3, -0.25) is 4.79 Å². The van der Waals surface area contributed by atoms with E-state index >= 15 is 0 Å². The van der Waals surface area contributed by atoms with Crippen molar-refractivity contribution in [1.29, 1.82) is 0 Å². The highest BCUT2D eigenvalue weighted by molar-refractivity contribution is 9.10. The van der Waals surface area contributed by atoms with E-state index in [4.69, 9.17) is 4.74 Å². The third kappa shape index (κ3) is 3.04. The molecule has 0 aromatic heterocycles. The number of hydrogen-bond acceptors (Lipinski definition) is 2. The van der Waals surface area contributed by atoms with Crippen LogP contribution in [-0.4, -0.2) is 6.29 Å². The van der Waals surface area contributed by atoms with Gasteiger partial charge in [0.1, 0.15) is 12.4 Å². The summed E-state index contributed by atoms with van der Waals surface area (Å²) in [7, 11) is 0. The predicted octanol–water partition coefficient (Wildman–Crippen LogP) is 4.46. The number of aryl methyl sites for hydroxylation is 1. The Morgan fingerprint density at radius 3 is 2.53 bits per heavy atom. The van der Waals surface area contributed by atoms with Gasteiger partial charge in [-0.25, -0.2) is 0 Å². The van der Waals surface area contributed by atoms with Crippen molar-refractivity contribution in [3.63, 3.8) is 0 Å². The number of aldehydes is 1. The molecule has 0 radical (unpaired) electrons. The quantitative estimate of drug-likeness (QED) is 0.778. The first-order valence-electron chi connectivity index (χ1n) is 6.05. The number of carbonyl (C=O) groups is 1. The summed E-state index contributed by atoms with van der Waals surface area (Å²) < 4.78 is 6.59. The topological polar surface area (TPSA) is 26.3 Å². The maximum Gasteiger partial charge on any atom is 0.151 e. The number of hydrogen-bond donors (Lipinski definition) is 0. The zero-order chi connectivity index (χ0) is 13.8. The second-order valence-electron chi connectivity index (χ2n) is 4.44. The van der Waals surface area contributed by atoms with E-state index < -0.39 is 0 Å². The van der Waals surface area contributed by atoms with Gasteiger partial charge in [-0.1, -0.05) is 30.3 Å².